The smallest absolute Gasteiger partial charge is 0.241 e. The van der Waals surface area contributed by atoms with Gasteiger partial charge < -0.3 is 10.2 Å². The van der Waals surface area contributed by atoms with Crippen molar-refractivity contribution in [3.05, 3.63) is 0 Å². The normalized spacial score (nSPS) is 26.5. The SMILES string of the molecule is CCS(=O)(=O)N1CCCC1C(=O)N1CCNCC1. The van der Waals surface area contributed by atoms with Gasteiger partial charge >= 0.3 is 0 Å². The molecule has 2 heterocycles. The van der Waals surface area contributed by atoms with E-state index in [-0.39, 0.29) is 11.7 Å². The van der Waals surface area contributed by atoms with Crippen LogP contribution in [0.3, 0.4) is 0 Å². The molecule has 0 spiro atoms. The topological polar surface area (TPSA) is 69.7 Å². The van der Waals surface area contributed by atoms with E-state index < -0.39 is 16.1 Å². The predicted octanol–water partition coefficient (Wildman–Crippen LogP) is -0.768. The molecule has 0 aromatic heterocycles. The molecule has 18 heavy (non-hydrogen) atoms. The molecule has 0 aliphatic carbocycles. The van der Waals surface area contributed by atoms with Crippen LogP contribution < -0.4 is 5.32 Å². The third kappa shape index (κ3) is 2.67. The molecule has 0 aromatic carbocycles. The molecule has 1 unspecified atom stereocenters. The first kappa shape index (κ1) is 13.8. The predicted molar refractivity (Wildman–Crippen MR) is 68.6 cm³/mol. The highest BCUT2D eigenvalue weighted by molar-refractivity contribution is 7.89. The number of carbonyl (C=O) groups excluding carboxylic acids is 1. The highest BCUT2D eigenvalue weighted by Gasteiger charge is 2.39. The molecular weight excluding hydrogens is 254 g/mol. The van der Waals surface area contributed by atoms with E-state index in [9.17, 15) is 13.2 Å². The fraction of sp³-hybridized carbons (Fsp3) is 0.909. The van der Waals surface area contributed by atoms with Gasteiger partial charge in [0.05, 0.1) is 5.75 Å². The van der Waals surface area contributed by atoms with Gasteiger partial charge in [0.2, 0.25) is 15.9 Å². The van der Waals surface area contributed by atoms with E-state index in [1.165, 1.54) is 4.31 Å². The lowest BCUT2D eigenvalue weighted by molar-refractivity contribution is -0.135. The largest absolute Gasteiger partial charge is 0.339 e. The minimum atomic E-state index is -3.26. The van der Waals surface area contributed by atoms with Crippen LogP contribution in [-0.4, -0.2) is 68.0 Å². The number of hydrogen-bond donors (Lipinski definition) is 1. The van der Waals surface area contributed by atoms with Crippen LogP contribution in [0.1, 0.15) is 19.8 Å². The lowest BCUT2D eigenvalue weighted by atomic mass is 10.2. The molecule has 2 saturated heterocycles. The Morgan fingerprint density at radius 2 is 1.94 bits per heavy atom. The zero-order chi connectivity index (χ0) is 13.2. The Morgan fingerprint density at radius 3 is 2.56 bits per heavy atom. The molecule has 1 N–H and O–H groups in total. The third-order valence-electron chi connectivity index (χ3n) is 3.64. The number of amides is 1. The summed E-state index contributed by atoms with van der Waals surface area (Å²) in [5, 5.41) is 3.19. The van der Waals surface area contributed by atoms with Gasteiger partial charge in [-0.25, -0.2) is 8.42 Å². The van der Waals surface area contributed by atoms with Crippen LogP contribution in [0.2, 0.25) is 0 Å². The van der Waals surface area contributed by atoms with E-state index >= 15 is 0 Å². The average molecular weight is 275 g/mol. The van der Waals surface area contributed by atoms with Gasteiger partial charge in [0, 0.05) is 32.7 Å². The van der Waals surface area contributed by atoms with Gasteiger partial charge in [-0.05, 0) is 19.8 Å². The van der Waals surface area contributed by atoms with Crippen molar-refractivity contribution in [2.24, 2.45) is 0 Å². The summed E-state index contributed by atoms with van der Waals surface area (Å²) in [6.45, 7) is 5.04. The van der Waals surface area contributed by atoms with Gasteiger partial charge in [-0.1, -0.05) is 0 Å². The summed E-state index contributed by atoms with van der Waals surface area (Å²) in [5.41, 5.74) is 0. The van der Waals surface area contributed by atoms with Crippen molar-refractivity contribution < 1.29 is 13.2 Å². The second-order valence-corrected chi connectivity index (χ2v) is 6.95. The summed E-state index contributed by atoms with van der Waals surface area (Å²) in [7, 11) is -3.26. The van der Waals surface area contributed by atoms with Crippen LogP contribution in [0.15, 0.2) is 0 Å². The summed E-state index contributed by atoms with van der Waals surface area (Å²) >= 11 is 0. The van der Waals surface area contributed by atoms with E-state index in [0.717, 1.165) is 19.5 Å². The van der Waals surface area contributed by atoms with E-state index in [2.05, 4.69) is 5.32 Å². The van der Waals surface area contributed by atoms with Gasteiger partial charge in [-0.15, -0.1) is 0 Å². The number of piperazine rings is 1. The molecular formula is C11H21N3O3S. The first-order valence-corrected chi connectivity index (χ1v) is 8.16. The lowest BCUT2D eigenvalue weighted by Crippen LogP contribution is -2.53. The Morgan fingerprint density at radius 1 is 1.28 bits per heavy atom. The third-order valence-corrected chi connectivity index (χ3v) is 5.52. The van der Waals surface area contributed by atoms with Gasteiger partial charge in [-0.3, -0.25) is 4.79 Å². The quantitative estimate of drug-likeness (QED) is 0.734. The minimum Gasteiger partial charge on any atom is -0.339 e. The molecule has 1 atom stereocenters. The molecule has 2 fully saturated rings. The molecule has 7 heteroatoms. The first-order chi connectivity index (χ1) is 8.56. The van der Waals surface area contributed by atoms with E-state index in [1.807, 2.05) is 0 Å². The second kappa shape index (κ2) is 5.54. The summed E-state index contributed by atoms with van der Waals surface area (Å²) in [5.74, 6) is 0.0456. The highest BCUT2D eigenvalue weighted by atomic mass is 32.2. The maximum Gasteiger partial charge on any atom is 0.241 e. The Hall–Kier alpha value is -0.660. The molecule has 0 saturated carbocycles. The van der Waals surface area contributed by atoms with Crippen molar-refractivity contribution in [2.75, 3.05) is 38.5 Å². The maximum absolute atomic E-state index is 12.4. The van der Waals surface area contributed by atoms with E-state index in [4.69, 9.17) is 0 Å². The van der Waals surface area contributed by atoms with E-state index in [0.29, 0.717) is 26.1 Å². The zero-order valence-corrected chi connectivity index (χ0v) is 11.6. The number of nitrogens with zero attached hydrogens (tertiary/aromatic N) is 2. The Bertz CT molecular complexity index is 404. The second-order valence-electron chi connectivity index (χ2n) is 4.74. The van der Waals surface area contributed by atoms with Crippen molar-refractivity contribution in [3.63, 3.8) is 0 Å². The first-order valence-electron chi connectivity index (χ1n) is 6.55. The molecule has 0 radical (unpaired) electrons. The molecule has 2 aliphatic heterocycles. The summed E-state index contributed by atoms with van der Waals surface area (Å²) in [6.07, 6.45) is 1.43. The lowest BCUT2D eigenvalue weighted by Gasteiger charge is -2.32. The zero-order valence-electron chi connectivity index (χ0n) is 10.8. The van der Waals surface area contributed by atoms with Crippen LogP contribution in [0.5, 0.6) is 0 Å². The van der Waals surface area contributed by atoms with Crippen molar-refractivity contribution in [3.8, 4) is 0 Å². The van der Waals surface area contributed by atoms with Crippen molar-refractivity contribution in [2.45, 2.75) is 25.8 Å². The number of hydrogen-bond acceptors (Lipinski definition) is 4. The molecule has 1 amide bonds. The number of nitrogens with one attached hydrogen (secondary N) is 1. The molecule has 104 valence electrons. The molecule has 0 bridgehead atoms. The molecule has 0 aromatic rings. The van der Waals surface area contributed by atoms with Gasteiger partial charge in [0.15, 0.2) is 0 Å². The molecule has 6 nitrogen and oxygen atoms in total. The summed E-state index contributed by atoms with van der Waals surface area (Å²) < 4.78 is 25.3. The summed E-state index contributed by atoms with van der Waals surface area (Å²) in [4.78, 5) is 14.1. The fourth-order valence-electron chi connectivity index (χ4n) is 2.58. The molecule has 2 aliphatic rings. The standard InChI is InChI=1S/C11H21N3O3S/c1-2-18(16,17)14-7-3-4-10(14)11(15)13-8-5-12-6-9-13/h10,12H,2-9H2,1H3. The van der Waals surface area contributed by atoms with Crippen LogP contribution in [0.25, 0.3) is 0 Å². The monoisotopic (exact) mass is 275 g/mol. The molecule has 2 rings (SSSR count). The number of carbonyl (C=O) groups is 1. The summed E-state index contributed by atoms with van der Waals surface area (Å²) in [6, 6.07) is -0.465. The number of rotatable bonds is 3. The fourth-order valence-corrected chi connectivity index (χ4v) is 3.90. The van der Waals surface area contributed by atoms with Crippen LogP contribution in [0, 0.1) is 0 Å². The maximum atomic E-state index is 12.4. The highest BCUT2D eigenvalue weighted by Crippen LogP contribution is 2.23. The Balaban J connectivity index is 2.09. The van der Waals surface area contributed by atoms with Crippen molar-refractivity contribution in [1.82, 2.24) is 14.5 Å². The van der Waals surface area contributed by atoms with Crippen molar-refractivity contribution in [1.29, 1.82) is 0 Å². The Labute approximate surface area is 108 Å². The van der Waals surface area contributed by atoms with Crippen molar-refractivity contribution >= 4 is 15.9 Å². The van der Waals surface area contributed by atoms with Gasteiger partial charge in [0.25, 0.3) is 0 Å². The Kier molecular flexibility index (Phi) is 4.24. The minimum absolute atomic E-state index is 0.0222. The number of sulfonamides is 1. The van der Waals surface area contributed by atoms with Crippen LogP contribution in [-0.2, 0) is 14.8 Å². The van der Waals surface area contributed by atoms with Crippen LogP contribution in [0.4, 0.5) is 0 Å². The van der Waals surface area contributed by atoms with Gasteiger partial charge in [-0.2, -0.15) is 4.31 Å². The average Bonchev–Trinajstić information content (AvgIpc) is 2.89. The van der Waals surface area contributed by atoms with Gasteiger partial charge in [0.1, 0.15) is 6.04 Å². The van der Waals surface area contributed by atoms with E-state index in [1.54, 1.807) is 11.8 Å². The van der Waals surface area contributed by atoms with Crippen LogP contribution >= 0.6 is 0 Å².